The van der Waals surface area contributed by atoms with Crippen molar-refractivity contribution in [2.45, 2.75) is 19.3 Å². The van der Waals surface area contributed by atoms with Gasteiger partial charge in [0.1, 0.15) is 5.82 Å². The zero-order chi connectivity index (χ0) is 21.0. The minimum absolute atomic E-state index is 0.0864. The molecule has 29 heavy (non-hydrogen) atoms. The Kier molecular flexibility index (Phi) is 5.81. The summed E-state index contributed by atoms with van der Waals surface area (Å²) in [5.74, 6) is -2.17. The van der Waals surface area contributed by atoms with Crippen LogP contribution in [-0.2, 0) is 19.3 Å². The van der Waals surface area contributed by atoms with E-state index in [1.807, 2.05) is 0 Å². The zero-order valence-corrected chi connectivity index (χ0v) is 15.0. The normalized spacial score (nSPS) is 11.3. The van der Waals surface area contributed by atoms with E-state index in [0.717, 1.165) is 17.2 Å². The van der Waals surface area contributed by atoms with E-state index in [2.05, 4.69) is 5.32 Å². The molecule has 1 N–H and O–H groups in total. The van der Waals surface area contributed by atoms with E-state index < -0.39 is 23.5 Å². The number of nitrogens with one attached hydrogen (secondary N) is 1. The molecule has 0 radical (unpaired) electrons. The molecule has 4 nitrogen and oxygen atoms in total. The van der Waals surface area contributed by atoms with Crippen molar-refractivity contribution in [3.8, 4) is 0 Å². The number of alkyl halides is 3. The molecule has 8 heteroatoms. The van der Waals surface area contributed by atoms with Crippen LogP contribution in [-0.4, -0.2) is 10.5 Å². The van der Waals surface area contributed by atoms with E-state index >= 15 is 0 Å². The highest BCUT2D eigenvalue weighted by Gasteiger charge is 2.34. The first-order chi connectivity index (χ1) is 13.7. The molecule has 3 rings (SSSR count). The summed E-state index contributed by atoms with van der Waals surface area (Å²) in [4.78, 5) is 23.8. The number of carbonyl (C=O) groups is 1. The lowest BCUT2D eigenvalue weighted by Gasteiger charge is -2.11. The van der Waals surface area contributed by atoms with Gasteiger partial charge in [0.25, 0.3) is 11.5 Å². The third kappa shape index (κ3) is 5.10. The summed E-state index contributed by atoms with van der Waals surface area (Å²) in [5, 5.41) is 2.51. The Morgan fingerprint density at radius 2 is 1.66 bits per heavy atom. The molecule has 0 atom stereocenters. The molecule has 0 fully saturated rings. The van der Waals surface area contributed by atoms with Gasteiger partial charge >= 0.3 is 6.18 Å². The molecule has 0 bridgehead atoms. The average Bonchev–Trinajstić information content (AvgIpc) is 2.68. The van der Waals surface area contributed by atoms with Gasteiger partial charge in [-0.25, -0.2) is 4.39 Å². The quantitative estimate of drug-likeness (QED) is 0.654. The van der Waals surface area contributed by atoms with Crippen LogP contribution < -0.4 is 10.9 Å². The summed E-state index contributed by atoms with van der Waals surface area (Å²) >= 11 is 0. The van der Waals surface area contributed by atoms with Gasteiger partial charge in [-0.3, -0.25) is 9.59 Å². The second-order valence-electron chi connectivity index (χ2n) is 6.36. The number of aromatic nitrogens is 1. The predicted molar refractivity (Wildman–Crippen MR) is 98.8 cm³/mol. The summed E-state index contributed by atoms with van der Waals surface area (Å²) in [5.41, 5.74) is -0.284. The molecule has 3 aromatic rings. The number of hydrogen-bond donors (Lipinski definition) is 1. The number of nitrogens with zero attached hydrogens (tertiary/aromatic N) is 1. The largest absolute Gasteiger partial charge is 0.419 e. The Hall–Kier alpha value is -3.42. The molecule has 0 unspecified atom stereocenters. The fraction of sp³-hybridized carbons (Fsp3) is 0.143. The molecule has 0 saturated carbocycles. The first-order valence-electron chi connectivity index (χ1n) is 8.62. The number of halogens is 4. The zero-order valence-electron chi connectivity index (χ0n) is 15.0. The van der Waals surface area contributed by atoms with E-state index in [1.54, 1.807) is 47.2 Å². The minimum atomic E-state index is -4.88. The van der Waals surface area contributed by atoms with Crippen molar-refractivity contribution in [1.82, 2.24) is 9.88 Å². The number of amides is 1. The van der Waals surface area contributed by atoms with Crippen molar-refractivity contribution >= 4 is 5.91 Å². The van der Waals surface area contributed by atoms with Gasteiger partial charge in [-0.15, -0.1) is 0 Å². The second kappa shape index (κ2) is 8.30. The summed E-state index contributed by atoms with van der Waals surface area (Å²) < 4.78 is 53.2. The maximum Gasteiger partial charge on any atom is 0.419 e. The Labute approximate surface area is 163 Å². The van der Waals surface area contributed by atoms with Gasteiger partial charge in [-0.2, -0.15) is 13.2 Å². The molecule has 0 aliphatic carbocycles. The molecule has 1 amide bonds. The van der Waals surface area contributed by atoms with Crippen molar-refractivity contribution in [3.63, 3.8) is 0 Å². The minimum Gasteiger partial charge on any atom is -0.348 e. The third-order valence-corrected chi connectivity index (χ3v) is 4.26. The van der Waals surface area contributed by atoms with Crippen LogP contribution in [0.25, 0.3) is 0 Å². The van der Waals surface area contributed by atoms with Crippen LogP contribution in [0.4, 0.5) is 17.6 Å². The summed E-state index contributed by atoms with van der Waals surface area (Å²) in [6.07, 6.45) is -3.20. The molecular formula is C21H16F4N2O2. The lowest BCUT2D eigenvalue weighted by Crippen LogP contribution is -2.23. The van der Waals surface area contributed by atoms with Crippen LogP contribution in [0, 0.1) is 5.82 Å². The van der Waals surface area contributed by atoms with E-state index in [-0.39, 0.29) is 17.7 Å². The Morgan fingerprint density at radius 3 is 2.31 bits per heavy atom. The summed E-state index contributed by atoms with van der Waals surface area (Å²) in [6, 6.07) is 14.1. The van der Waals surface area contributed by atoms with Crippen LogP contribution >= 0.6 is 0 Å². The van der Waals surface area contributed by atoms with Crippen LogP contribution in [0.1, 0.15) is 27.0 Å². The first kappa shape index (κ1) is 20.3. The molecule has 1 aromatic heterocycles. The summed E-state index contributed by atoms with van der Waals surface area (Å²) in [6.45, 7) is 0.477. The number of carbonyl (C=O) groups excluding carboxylic acids is 1. The maximum absolute atomic E-state index is 13.3. The number of pyridine rings is 1. The van der Waals surface area contributed by atoms with Gasteiger partial charge in [-0.05, 0) is 35.4 Å². The monoisotopic (exact) mass is 404 g/mol. The average molecular weight is 404 g/mol. The molecule has 1 heterocycles. The molecule has 0 aliphatic rings. The Bertz CT molecular complexity index is 1070. The van der Waals surface area contributed by atoms with Crippen LogP contribution in [0.15, 0.2) is 71.7 Å². The van der Waals surface area contributed by atoms with Gasteiger partial charge in [0.15, 0.2) is 0 Å². The number of benzene rings is 2. The van der Waals surface area contributed by atoms with E-state index in [1.165, 1.54) is 6.07 Å². The van der Waals surface area contributed by atoms with Crippen molar-refractivity contribution in [2.75, 3.05) is 0 Å². The maximum atomic E-state index is 13.3. The number of rotatable bonds is 5. The van der Waals surface area contributed by atoms with Gasteiger partial charge in [-0.1, -0.05) is 30.3 Å². The Balaban J connectivity index is 1.64. The molecule has 0 saturated heterocycles. The fourth-order valence-electron chi connectivity index (χ4n) is 2.72. The van der Waals surface area contributed by atoms with Crippen LogP contribution in [0.2, 0.25) is 0 Å². The molecule has 0 spiro atoms. The van der Waals surface area contributed by atoms with Gasteiger partial charge < -0.3 is 9.88 Å². The summed E-state index contributed by atoms with van der Waals surface area (Å²) in [7, 11) is 0. The van der Waals surface area contributed by atoms with Crippen molar-refractivity contribution in [2.24, 2.45) is 0 Å². The lowest BCUT2D eigenvalue weighted by molar-refractivity contribution is -0.140. The Morgan fingerprint density at radius 1 is 0.966 bits per heavy atom. The fourth-order valence-corrected chi connectivity index (χ4v) is 2.72. The van der Waals surface area contributed by atoms with Gasteiger partial charge in [0, 0.05) is 24.4 Å². The van der Waals surface area contributed by atoms with Crippen molar-refractivity contribution in [1.29, 1.82) is 0 Å². The van der Waals surface area contributed by atoms with E-state index in [9.17, 15) is 27.2 Å². The molecule has 2 aromatic carbocycles. The highest BCUT2D eigenvalue weighted by Crippen LogP contribution is 2.31. The predicted octanol–water partition coefficient (Wildman–Crippen LogP) is 3.98. The van der Waals surface area contributed by atoms with Crippen LogP contribution in [0.5, 0.6) is 0 Å². The third-order valence-electron chi connectivity index (χ3n) is 4.26. The first-order valence-corrected chi connectivity index (χ1v) is 8.62. The topological polar surface area (TPSA) is 51.1 Å². The molecular weight excluding hydrogens is 388 g/mol. The van der Waals surface area contributed by atoms with Gasteiger partial charge in [0.05, 0.1) is 12.1 Å². The van der Waals surface area contributed by atoms with Gasteiger partial charge in [0.2, 0.25) is 0 Å². The van der Waals surface area contributed by atoms with E-state index in [4.69, 9.17) is 0 Å². The number of hydrogen-bond acceptors (Lipinski definition) is 2. The molecule has 0 aliphatic heterocycles. The highest BCUT2D eigenvalue weighted by molar-refractivity contribution is 5.94. The van der Waals surface area contributed by atoms with Crippen molar-refractivity contribution in [3.05, 3.63) is 105 Å². The van der Waals surface area contributed by atoms with Crippen LogP contribution in [0.3, 0.4) is 0 Å². The van der Waals surface area contributed by atoms with E-state index in [0.29, 0.717) is 18.7 Å². The molecule has 150 valence electrons. The SMILES string of the molecule is O=C(NCc1ccc(Cn2ccccc2=O)cc1)c1ccc(F)c(C(F)(F)F)c1. The van der Waals surface area contributed by atoms with Crippen molar-refractivity contribution < 1.29 is 22.4 Å². The smallest absolute Gasteiger partial charge is 0.348 e. The second-order valence-corrected chi connectivity index (χ2v) is 6.36. The standard InChI is InChI=1S/C21H16F4N2O2/c22-18-9-8-16(11-17(18)21(23,24)25)20(29)26-12-14-4-6-15(7-5-14)13-27-10-2-1-3-19(27)28/h1-11H,12-13H2,(H,26,29). The lowest BCUT2D eigenvalue weighted by atomic mass is 10.1. The highest BCUT2D eigenvalue weighted by atomic mass is 19.4.